The van der Waals surface area contributed by atoms with Crippen molar-refractivity contribution in [2.24, 2.45) is 7.05 Å². The van der Waals surface area contributed by atoms with E-state index in [2.05, 4.69) is 20.4 Å². The molecule has 0 spiro atoms. The lowest BCUT2D eigenvalue weighted by atomic mass is 10.3. The lowest BCUT2D eigenvalue weighted by Gasteiger charge is -2.07. The highest BCUT2D eigenvalue weighted by atomic mass is 15.2. The summed E-state index contributed by atoms with van der Waals surface area (Å²) in [7, 11) is 1.92. The van der Waals surface area contributed by atoms with E-state index < -0.39 is 0 Å². The third kappa shape index (κ3) is 3.03. The minimum absolute atomic E-state index is 0.815. The third-order valence-electron chi connectivity index (χ3n) is 2.52. The van der Waals surface area contributed by atoms with Crippen molar-refractivity contribution in [1.82, 2.24) is 19.7 Å². The molecule has 2 heterocycles. The summed E-state index contributed by atoms with van der Waals surface area (Å²) in [6.45, 7) is 4.71. The summed E-state index contributed by atoms with van der Waals surface area (Å²) in [5.74, 6) is 0.862. The van der Waals surface area contributed by atoms with Crippen LogP contribution >= 0.6 is 0 Å². The molecule has 0 radical (unpaired) electrons. The Balaban J connectivity index is 1.91. The maximum atomic E-state index is 4.41. The first-order chi connectivity index (χ1) is 8.15. The van der Waals surface area contributed by atoms with Gasteiger partial charge < -0.3 is 5.32 Å². The molecule has 0 unspecified atom stereocenters. The monoisotopic (exact) mass is 231 g/mol. The summed E-state index contributed by atoms with van der Waals surface area (Å²) in [5.41, 5.74) is 2.94. The van der Waals surface area contributed by atoms with Crippen LogP contribution in [-0.4, -0.2) is 26.3 Å². The van der Waals surface area contributed by atoms with Gasteiger partial charge in [-0.25, -0.2) is 4.98 Å². The normalized spacial score (nSPS) is 10.5. The van der Waals surface area contributed by atoms with Gasteiger partial charge in [0.1, 0.15) is 5.82 Å². The number of rotatable bonds is 4. The Morgan fingerprint density at radius 3 is 2.88 bits per heavy atom. The van der Waals surface area contributed by atoms with E-state index in [9.17, 15) is 0 Å². The van der Waals surface area contributed by atoms with Crippen LogP contribution in [0.3, 0.4) is 0 Å². The van der Waals surface area contributed by atoms with E-state index in [0.29, 0.717) is 0 Å². The largest absolute Gasteiger partial charge is 0.368 e. The van der Waals surface area contributed by atoms with Gasteiger partial charge in [-0.2, -0.15) is 5.10 Å². The smallest absolute Gasteiger partial charge is 0.147 e. The van der Waals surface area contributed by atoms with Gasteiger partial charge in [-0.1, -0.05) is 0 Å². The molecule has 0 fully saturated rings. The third-order valence-corrected chi connectivity index (χ3v) is 2.52. The molecule has 0 aliphatic carbocycles. The highest BCUT2D eigenvalue weighted by Gasteiger charge is 2.02. The molecule has 5 nitrogen and oxygen atoms in total. The Bertz CT molecular complexity index is 503. The molecule has 2 rings (SSSR count). The fourth-order valence-corrected chi connectivity index (χ4v) is 1.61. The second-order valence-electron chi connectivity index (χ2n) is 4.10. The summed E-state index contributed by atoms with van der Waals surface area (Å²) in [6.07, 6.45) is 4.61. The molecular weight excluding hydrogens is 214 g/mol. The van der Waals surface area contributed by atoms with Crippen molar-refractivity contribution >= 4 is 5.82 Å². The second kappa shape index (κ2) is 4.95. The van der Waals surface area contributed by atoms with E-state index in [1.54, 1.807) is 6.20 Å². The van der Waals surface area contributed by atoms with Gasteiger partial charge in [0.2, 0.25) is 0 Å². The van der Waals surface area contributed by atoms with E-state index in [1.807, 2.05) is 37.8 Å². The van der Waals surface area contributed by atoms with Gasteiger partial charge in [-0.15, -0.1) is 0 Å². The molecule has 0 amide bonds. The topological polar surface area (TPSA) is 55.6 Å². The van der Waals surface area contributed by atoms with Crippen LogP contribution < -0.4 is 5.32 Å². The van der Waals surface area contributed by atoms with Gasteiger partial charge in [0, 0.05) is 32.4 Å². The van der Waals surface area contributed by atoms with Gasteiger partial charge in [-0.3, -0.25) is 9.67 Å². The Morgan fingerprint density at radius 1 is 1.35 bits per heavy atom. The van der Waals surface area contributed by atoms with Crippen LogP contribution in [0.2, 0.25) is 0 Å². The fraction of sp³-hybridized carbons (Fsp3) is 0.417. The Morgan fingerprint density at radius 2 is 2.18 bits per heavy atom. The van der Waals surface area contributed by atoms with E-state index >= 15 is 0 Å². The molecular formula is C12H17N5. The van der Waals surface area contributed by atoms with Crippen molar-refractivity contribution in [3.63, 3.8) is 0 Å². The summed E-state index contributed by atoms with van der Waals surface area (Å²) >= 11 is 0. The van der Waals surface area contributed by atoms with E-state index in [4.69, 9.17) is 0 Å². The van der Waals surface area contributed by atoms with Crippen LogP contribution in [0.1, 0.15) is 17.1 Å². The molecule has 90 valence electrons. The standard InChI is InChI=1S/C12H17N5/c1-9-8-14-10(2)12(15-9)13-6-4-11-5-7-17(3)16-11/h5,7-8H,4,6H2,1-3H3,(H,13,15). The quantitative estimate of drug-likeness (QED) is 0.866. The first-order valence-corrected chi connectivity index (χ1v) is 5.68. The number of hydrogen-bond acceptors (Lipinski definition) is 4. The van der Waals surface area contributed by atoms with Gasteiger partial charge in [0.15, 0.2) is 0 Å². The molecule has 0 saturated carbocycles. The highest BCUT2D eigenvalue weighted by Crippen LogP contribution is 2.08. The molecule has 0 aliphatic heterocycles. The van der Waals surface area contributed by atoms with Crippen molar-refractivity contribution in [1.29, 1.82) is 0 Å². The molecule has 1 N–H and O–H groups in total. The number of aromatic nitrogens is 4. The van der Waals surface area contributed by atoms with E-state index in [-0.39, 0.29) is 0 Å². The predicted molar refractivity (Wildman–Crippen MR) is 66.9 cm³/mol. The Labute approximate surface area is 101 Å². The van der Waals surface area contributed by atoms with Crippen LogP contribution in [0.4, 0.5) is 5.82 Å². The SMILES string of the molecule is Cc1cnc(C)c(NCCc2ccn(C)n2)n1. The van der Waals surface area contributed by atoms with Crippen molar-refractivity contribution in [2.75, 3.05) is 11.9 Å². The molecule has 2 aromatic heterocycles. The zero-order chi connectivity index (χ0) is 12.3. The lowest BCUT2D eigenvalue weighted by molar-refractivity contribution is 0.741. The van der Waals surface area contributed by atoms with Gasteiger partial charge in [-0.05, 0) is 19.9 Å². The highest BCUT2D eigenvalue weighted by molar-refractivity contribution is 5.39. The van der Waals surface area contributed by atoms with Crippen LogP contribution in [0, 0.1) is 13.8 Å². The zero-order valence-electron chi connectivity index (χ0n) is 10.4. The zero-order valence-corrected chi connectivity index (χ0v) is 10.4. The maximum absolute atomic E-state index is 4.41. The Kier molecular flexibility index (Phi) is 3.37. The second-order valence-corrected chi connectivity index (χ2v) is 4.10. The summed E-state index contributed by atoms with van der Waals surface area (Å²) < 4.78 is 1.81. The predicted octanol–water partition coefficient (Wildman–Crippen LogP) is 1.48. The van der Waals surface area contributed by atoms with Gasteiger partial charge in [0.05, 0.1) is 17.1 Å². The molecule has 0 atom stereocenters. The molecule has 0 saturated heterocycles. The van der Waals surface area contributed by atoms with Crippen LogP contribution in [0.15, 0.2) is 18.5 Å². The molecule has 0 aromatic carbocycles. The van der Waals surface area contributed by atoms with Crippen molar-refractivity contribution in [2.45, 2.75) is 20.3 Å². The number of hydrogen-bond donors (Lipinski definition) is 1. The van der Waals surface area contributed by atoms with Crippen LogP contribution in [0.5, 0.6) is 0 Å². The number of aryl methyl sites for hydroxylation is 3. The minimum atomic E-state index is 0.815. The van der Waals surface area contributed by atoms with Crippen molar-refractivity contribution in [3.05, 3.63) is 35.5 Å². The molecule has 17 heavy (non-hydrogen) atoms. The lowest BCUT2D eigenvalue weighted by Crippen LogP contribution is -2.09. The maximum Gasteiger partial charge on any atom is 0.147 e. The summed E-state index contributed by atoms with van der Waals surface area (Å²) in [6, 6.07) is 2.02. The van der Waals surface area contributed by atoms with Crippen LogP contribution in [-0.2, 0) is 13.5 Å². The number of nitrogens with zero attached hydrogens (tertiary/aromatic N) is 4. The molecule has 0 bridgehead atoms. The van der Waals surface area contributed by atoms with E-state index in [0.717, 1.165) is 35.9 Å². The molecule has 0 aliphatic rings. The Hall–Kier alpha value is -1.91. The summed E-state index contributed by atoms with van der Waals surface area (Å²) in [5, 5.41) is 7.61. The van der Waals surface area contributed by atoms with Crippen LogP contribution in [0.25, 0.3) is 0 Å². The van der Waals surface area contributed by atoms with Gasteiger partial charge in [0.25, 0.3) is 0 Å². The number of anilines is 1. The fourth-order valence-electron chi connectivity index (χ4n) is 1.61. The first-order valence-electron chi connectivity index (χ1n) is 5.68. The summed E-state index contributed by atoms with van der Waals surface area (Å²) in [4.78, 5) is 8.67. The average molecular weight is 231 g/mol. The average Bonchev–Trinajstić information content (AvgIpc) is 2.69. The number of nitrogens with one attached hydrogen (secondary N) is 1. The first kappa shape index (κ1) is 11.6. The van der Waals surface area contributed by atoms with E-state index in [1.165, 1.54) is 0 Å². The minimum Gasteiger partial charge on any atom is -0.368 e. The van der Waals surface area contributed by atoms with Crippen molar-refractivity contribution < 1.29 is 0 Å². The molecule has 5 heteroatoms. The van der Waals surface area contributed by atoms with Crippen molar-refractivity contribution in [3.8, 4) is 0 Å². The molecule has 2 aromatic rings. The van der Waals surface area contributed by atoms with Gasteiger partial charge >= 0.3 is 0 Å².